The van der Waals surface area contributed by atoms with Crippen LogP contribution in [-0.4, -0.2) is 10.2 Å². The standard InChI is InChI=1S/C22H16ClNO2S2/c1-13-3-9-18(14(2)11-13)24-21(25)20(28-22(24)27)12-17-8-10-19(26-17)15-4-6-16(23)7-5-15/h3-12H,1-2H3. The first-order chi connectivity index (χ1) is 13.4. The minimum Gasteiger partial charge on any atom is -0.457 e. The number of rotatable bonds is 3. The van der Waals surface area contributed by atoms with Crippen molar-refractivity contribution in [2.75, 3.05) is 4.90 Å². The zero-order valence-electron chi connectivity index (χ0n) is 15.2. The zero-order chi connectivity index (χ0) is 19.8. The fourth-order valence-electron chi connectivity index (χ4n) is 3.06. The number of furan rings is 1. The van der Waals surface area contributed by atoms with Crippen LogP contribution >= 0.6 is 35.6 Å². The van der Waals surface area contributed by atoms with Gasteiger partial charge >= 0.3 is 0 Å². The molecule has 0 spiro atoms. The number of halogens is 1. The van der Waals surface area contributed by atoms with Crippen LogP contribution in [-0.2, 0) is 4.79 Å². The van der Waals surface area contributed by atoms with Gasteiger partial charge in [-0.3, -0.25) is 9.69 Å². The van der Waals surface area contributed by atoms with Crippen molar-refractivity contribution in [3.05, 3.63) is 81.4 Å². The average Bonchev–Trinajstić information content (AvgIpc) is 3.22. The highest BCUT2D eigenvalue weighted by atomic mass is 35.5. The average molecular weight is 426 g/mol. The van der Waals surface area contributed by atoms with Gasteiger partial charge in [-0.15, -0.1) is 0 Å². The molecular formula is C22H16ClNO2S2. The number of carbonyl (C=O) groups is 1. The Balaban J connectivity index is 1.62. The van der Waals surface area contributed by atoms with E-state index in [0.29, 0.717) is 25.8 Å². The van der Waals surface area contributed by atoms with Crippen molar-refractivity contribution in [2.45, 2.75) is 13.8 Å². The minimum absolute atomic E-state index is 0.133. The lowest BCUT2D eigenvalue weighted by molar-refractivity contribution is -0.113. The number of nitrogens with zero attached hydrogens (tertiary/aromatic N) is 1. The van der Waals surface area contributed by atoms with Crippen molar-refractivity contribution >= 4 is 57.6 Å². The maximum atomic E-state index is 13.0. The number of aryl methyl sites for hydroxylation is 2. The predicted molar refractivity (Wildman–Crippen MR) is 121 cm³/mol. The van der Waals surface area contributed by atoms with Crippen molar-refractivity contribution in [3.8, 4) is 11.3 Å². The summed E-state index contributed by atoms with van der Waals surface area (Å²) in [7, 11) is 0. The lowest BCUT2D eigenvalue weighted by Crippen LogP contribution is -2.28. The van der Waals surface area contributed by atoms with E-state index in [1.54, 1.807) is 11.0 Å². The Hall–Kier alpha value is -2.34. The molecule has 1 aliphatic rings. The normalized spacial score (nSPS) is 15.7. The van der Waals surface area contributed by atoms with Crippen molar-refractivity contribution < 1.29 is 9.21 Å². The van der Waals surface area contributed by atoms with Crippen molar-refractivity contribution in [1.29, 1.82) is 0 Å². The largest absolute Gasteiger partial charge is 0.457 e. The summed E-state index contributed by atoms with van der Waals surface area (Å²) in [6, 6.07) is 17.1. The lowest BCUT2D eigenvalue weighted by Gasteiger charge is -2.17. The fourth-order valence-corrected chi connectivity index (χ4v) is 4.45. The Morgan fingerprint density at radius 3 is 2.54 bits per heavy atom. The van der Waals surface area contributed by atoms with Crippen LogP contribution in [0, 0.1) is 13.8 Å². The van der Waals surface area contributed by atoms with Crippen molar-refractivity contribution in [3.63, 3.8) is 0 Å². The SMILES string of the molecule is Cc1ccc(N2C(=O)C(=Cc3ccc(-c4ccc(Cl)cc4)o3)SC2=S)c(C)c1. The summed E-state index contributed by atoms with van der Waals surface area (Å²) < 4.78 is 6.41. The number of thiocarbonyl (C=S) groups is 1. The molecule has 1 fully saturated rings. The maximum Gasteiger partial charge on any atom is 0.270 e. The van der Waals surface area contributed by atoms with E-state index in [1.807, 2.05) is 68.4 Å². The Bertz CT molecular complexity index is 1120. The summed E-state index contributed by atoms with van der Waals surface area (Å²) in [5.41, 5.74) is 3.90. The van der Waals surface area contributed by atoms with Gasteiger partial charge in [0.2, 0.25) is 0 Å². The van der Waals surface area contributed by atoms with Crippen LogP contribution in [0.1, 0.15) is 16.9 Å². The highest BCUT2D eigenvalue weighted by Gasteiger charge is 2.34. The molecule has 140 valence electrons. The third-order valence-corrected chi connectivity index (χ3v) is 5.97. The molecule has 4 rings (SSSR count). The molecular weight excluding hydrogens is 410 g/mol. The number of hydrogen-bond acceptors (Lipinski definition) is 4. The molecule has 0 aliphatic carbocycles. The van der Waals surface area contributed by atoms with Gasteiger partial charge in [0, 0.05) is 16.7 Å². The van der Waals surface area contributed by atoms with Gasteiger partial charge in [0.15, 0.2) is 4.32 Å². The topological polar surface area (TPSA) is 33.5 Å². The van der Waals surface area contributed by atoms with E-state index in [0.717, 1.165) is 22.4 Å². The van der Waals surface area contributed by atoms with Crippen LogP contribution in [0.5, 0.6) is 0 Å². The molecule has 2 aromatic carbocycles. The second-order valence-corrected chi connectivity index (χ2v) is 8.63. The molecule has 1 aliphatic heterocycles. The van der Waals surface area contributed by atoms with Gasteiger partial charge in [0.1, 0.15) is 11.5 Å². The quantitative estimate of drug-likeness (QED) is 0.348. The van der Waals surface area contributed by atoms with E-state index in [4.69, 9.17) is 28.2 Å². The molecule has 0 unspecified atom stereocenters. The van der Waals surface area contributed by atoms with E-state index in [9.17, 15) is 4.79 Å². The van der Waals surface area contributed by atoms with Gasteiger partial charge in [0.05, 0.1) is 10.6 Å². The molecule has 1 saturated heterocycles. The first kappa shape index (κ1) is 19.0. The van der Waals surface area contributed by atoms with E-state index < -0.39 is 0 Å². The molecule has 0 atom stereocenters. The van der Waals surface area contributed by atoms with Crippen LogP contribution in [0.3, 0.4) is 0 Å². The van der Waals surface area contributed by atoms with Crippen LogP contribution in [0.15, 0.2) is 63.9 Å². The molecule has 3 aromatic rings. The monoisotopic (exact) mass is 425 g/mol. The minimum atomic E-state index is -0.133. The van der Waals surface area contributed by atoms with Crippen LogP contribution in [0.4, 0.5) is 5.69 Å². The first-order valence-electron chi connectivity index (χ1n) is 8.63. The van der Waals surface area contributed by atoms with Gasteiger partial charge in [-0.1, -0.05) is 53.3 Å². The third-order valence-electron chi connectivity index (χ3n) is 4.42. The second-order valence-electron chi connectivity index (χ2n) is 6.52. The fraction of sp³-hybridized carbons (Fsp3) is 0.0909. The van der Waals surface area contributed by atoms with E-state index in [-0.39, 0.29) is 5.91 Å². The van der Waals surface area contributed by atoms with Gasteiger partial charge < -0.3 is 4.42 Å². The first-order valence-corrected chi connectivity index (χ1v) is 10.2. The molecule has 1 amide bonds. The van der Waals surface area contributed by atoms with Crippen molar-refractivity contribution in [2.24, 2.45) is 0 Å². The summed E-state index contributed by atoms with van der Waals surface area (Å²) in [4.78, 5) is 15.1. The number of carbonyl (C=O) groups excluding carboxylic acids is 1. The summed E-state index contributed by atoms with van der Waals surface area (Å²) in [6.45, 7) is 4.01. The molecule has 0 saturated carbocycles. The summed E-state index contributed by atoms with van der Waals surface area (Å²) >= 11 is 12.7. The highest BCUT2D eigenvalue weighted by molar-refractivity contribution is 8.27. The predicted octanol–water partition coefficient (Wildman–Crippen LogP) is 6.62. The summed E-state index contributed by atoms with van der Waals surface area (Å²) in [5.74, 6) is 1.19. The molecule has 28 heavy (non-hydrogen) atoms. The van der Waals surface area contributed by atoms with Gasteiger partial charge in [0.25, 0.3) is 5.91 Å². The van der Waals surface area contributed by atoms with Crippen LogP contribution in [0.25, 0.3) is 17.4 Å². The number of amides is 1. The number of thioether (sulfide) groups is 1. The van der Waals surface area contributed by atoms with Crippen LogP contribution in [0.2, 0.25) is 5.02 Å². The smallest absolute Gasteiger partial charge is 0.270 e. The van der Waals surface area contributed by atoms with E-state index >= 15 is 0 Å². The molecule has 0 N–H and O–H groups in total. The molecule has 6 heteroatoms. The zero-order valence-corrected chi connectivity index (χ0v) is 17.6. The molecule has 0 radical (unpaired) electrons. The van der Waals surface area contributed by atoms with E-state index in [1.165, 1.54) is 11.8 Å². The summed E-state index contributed by atoms with van der Waals surface area (Å²) in [6.07, 6.45) is 1.74. The molecule has 2 heterocycles. The Kier molecular flexibility index (Phi) is 5.15. The Morgan fingerprint density at radius 2 is 1.82 bits per heavy atom. The third kappa shape index (κ3) is 3.65. The second kappa shape index (κ2) is 7.59. The molecule has 0 bridgehead atoms. The maximum absolute atomic E-state index is 13.0. The lowest BCUT2D eigenvalue weighted by atomic mass is 10.1. The van der Waals surface area contributed by atoms with Gasteiger partial charge in [-0.05, 0) is 61.9 Å². The summed E-state index contributed by atoms with van der Waals surface area (Å²) in [5, 5.41) is 0.672. The molecule has 3 nitrogen and oxygen atoms in total. The van der Waals surface area contributed by atoms with E-state index in [2.05, 4.69) is 0 Å². The number of benzene rings is 2. The van der Waals surface area contributed by atoms with Crippen molar-refractivity contribution in [1.82, 2.24) is 0 Å². The Morgan fingerprint density at radius 1 is 1.07 bits per heavy atom. The number of hydrogen-bond donors (Lipinski definition) is 0. The van der Waals surface area contributed by atoms with Crippen LogP contribution < -0.4 is 4.90 Å². The van der Waals surface area contributed by atoms with Gasteiger partial charge in [-0.25, -0.2) is 0 Å². The Labute approximate surface area is 178 Å². The molecule has 1 aromatic heterocycles. The highest BCUT2D eigenvalue weighted by Crippen LogP contribution is 2.38. The van der Waals surface area contributed by atoms with Gasteiger partial charge in [-0.2, -0.15) is 0 Å². The number of anilines is 1.